The molecule has 10 heterocycles. The van der Waals surface area contributed by atoms with Crippen molar-refractivity contribution in [2.24, 2.45) is 20.1 Å². The number of fused-ring (bicyclic) bond motifs is 1. The van der Waals surface area contributed by atoms with Gasteiger partial charge < -0.3 is 37.9 Å². The molecule has 3 aliphatic rings. The minimum absolute atomic E-state index is 0.196. The van der Waals surface area contributed by atoms with Crippen LogP contribution in [0.15, 0.2) is 92.3 Å². The van der Waals surface area contributed by atoms with E-state index >= 15 is 0 Å². The van der Waals surface area contributed by atoms with Gasteiger partial charge in [0.2, 0.25) is 0 Å². The standard InChI is InChI=1S/C20H25N5O2S.C16H23N5O2S.C14H20N6O2S/c1-14-11-16-7-5-6-8-25(16)19(14)20-21-17(23-28(3,4)26)12-18(22-20)24-9-10-27-13-15(24)2;1-12-11-23-9-8-21(12)15-10-14(19-24(3,4)22)17-16(18-15)13-6-5-7-20(13)2;1-10-9-22-7-6-20(10)13-8-12(19-23(2,3)21)16-14(17-13)11-4-5-15-18-11/h5-8,11-12,15H,9-10,13H2,1-4H3;5-7,10,12H,8-9,11H2,1-4H3;4-5,8,10H,6-7,9H2,1-3H3,(H,15,18)/t15-;12-;10-/m111/s1. The molecule has 3 fully saturated rings. The van der Waals surface area contributed by atoms with E-state index in [1.807, 2.05) is 54.3 Å². The van der Waals surface area contributed by atoms with Crippen molar-refractivity contribution >= 4 is 69.6 Å². The molecule has 402 valence electrons. The number of aromatic nitrogens is 10. The van der Waals surface area contributed by atoms with Crippen molar-refractivity contribution in [1.29, 1.82) is 0 Å². The smallest absolute Gasteiger partial charge is 0.181 e. The predicted molar refractivity (Wildman–Crippen MR) is 298 cm³/mol. The summed E-state index contributed by atoms with van der Waals surface area (Å²) in [5.41, 5.74) is 4.68. The molecule has 0 radical (unpaired) electrons. The summed E-state index contributed by atoms with van der Waals surface area (Å²) in [6, 6.07) is 19.9. The molecule has 0 unspecified atom stereocenters. The summed E-state index contributed by atoms with van der Waals surface area (Å²) < 4.78 is 69.9. The lowest BCUT2D eigenvalue weighted by Crippen LogP contribution is -2.44. The van der Waals surface area contributed by atoms with E-state index < -0.39 is 29.2 Å². The van der Waals surface area contributed by atoms with Crippen LogP contribution in [-0.2, 0) is 50.4 Å². The number of hydrogen-bond acceptors (Lipinski definition) is 19. The second kappa shape index (κ2) is 23.2. The quantitative estimate of drug-likeness (QED) is 0.156. The molecule has 3 aliphatic heterocycles. The number of H-pyrrole nitrogens is 1. The van der Waals surface area contributed by atoms with Gasteiger partial charge in [-0.2, -0.15) is 18.2 Å². The maximum Gasteiger partial charge on any atom is 0.181 e. The number of ether oxygens (including phenoxy) is 3. The predicted octanol–water partition coefficient (Wildman–Crippen LogP) is 6.81. The van der Waals surface area contributed by atoms with Crippen molar-refractivity contribution in [3.63, 3.8) is 0 Å². The van der Waals surface area contributed by atoms with Gasteiger partial charge in [-0.15, -0.1) is 0 Å². The Hall–Kier alpha value is -6.38. The first kappa shape index (κ1) is 54.9. The van der Waals surface area contributed by atoms with Crippen molar-refractivity contribution in [2.45, 2.75) is 45.8 Å². The lowest BCUT2D eigenvalue weighted by molar-refractivity contribution is 0.0985. The monoisotopic (exact) mass is 1080 g/mol. The van der Waals surface area contributed by atoms with Crippen LogP contribution in [0.4, 0.5) is 34.9 Å². The largest absolute Gasteiger partial charge is 0.377 e. The number of morpholine rings is 3. The Kier molecular flexibility index (Phi) is 17.0. The molecule has 0 amide bonds. The van der Waals surface area contributed by atoms with Gasteiger partial charge in [-0.25, -0.2) is 42.5 Å². The Morgan fingerprint density at radius 2 is 1.04 bits per heavy atom. The van der Waals surface area contributed by atoms with E-state index in [1.54, 1.807) is 61.9 Å². The van der Waals surface area contributed by atoms with E-state index in [0.717, 1.165) is 59.6 Å². The molecule has 10 rings (SSSR count). The van der Waals surface area contributed by atoms with Gasteiger partial charge in [0, 0.05) is 136 Å². The van der Waals surface area contributed by atoms with Crippen molar-refractivity contribution in [3.05, 3.63) is 84.8 Å². The first-order valence-electron chi connectivity index (χ1n) is 24.5. The number of hydrogen-bond donors (Lipinski definition) is 1. The van der Waals surface area contributed by atoms with E-state index in [2.05, 4.69) is 102 Å². The van der Waals surface area contributed by atoms with Gasteiger partial charge in [0.05, 0.1) is 69.2 Å². The summed E-state index contributed by atoms with van der Waals surface area (Å²) in [6.07, 6.45) is 15.2. The summed E-state index contributed by atoms with van der Waals surface area (Å²) in [4.78, 5) is 34.3. The van der Waals surface area contributed by atoms with Gasteiger partial charge in [-0.1, -0.05) is 6.07 Å². The van der Waals surface area contributed by atoms with Crippen LogP contribution in [-0.4, -0.2) is 177 Å². The van der Waals surface area contributed by atoms with E-state index in [4.69, 9.17) is 24.2 Å². The Labute approximate surface area is 440 Å². The minimum atomic E-state index is -2.34. The molecule has 1 N–H and O–H groups in total. The first-order valence-corrected chi connectivity index (χ1v) is 31.5. The topological polar surface area (TPSA) is 241 Å². The molecule has 7 aromatic rings. The summed E-state index contributed by atoms with van der Waals surface area (Å²) in [5, 5.41) is 6.79. The molecule has 25 heteroatoms. The number of anilines is 3. The lowest BCUT2D eigenvalue weighted by atomic mass is 10.2. The SMILES string of the molecule is C[C@@H]1COCCN1c1cc(N=S(C)(C)=O)nc(-c2cccn2C)n1.C[C@@H]1COCCN1c1cc(N=S(C)(C)=O)nc(-c2ccn[nH]2)n1.Cc1cc2ccccn2c1-c1nc(N=S(C)(C)=O)cc(N2CCOC[C@H]2C)n1. The van der Waals surface area contributed by atoms with Gasteiger partial charge >= 0.3 is 0 Å². The van der Waals surface area contributed by atoms with Crippen molar-refractivity contribution in [3.8, 4) is 34.6 Å². The number of pyridine rings is 1. The Morgan fingerprint density at radius 3 is 1.48 bits per heavy atom. The third kappa shape index (κ3) is 14.5. The molecule has 3 atom stereocenters. The highest BCUT2D eigenvalue weighted by Gasteiger charge is 2.26. The zero-order valence-corrected chi connectivity index (χ0v) is 46.9. The highest BCUT2D eigenvalue weighted by Crippen LogP contribution is 2.32. The number of aryl methyl sites for hydroxylation is 2. The molecule has 0 aromatic carbocycles. The minimum Gasteiger partial charge on any atom is -0.377 e. The van der Waals surface area contributed by atoms with Crippen LogP contribution in [0.5, 0.6) is 0 Å². The highest BCUT2D eigenvalue weighted by molar-refractivity contribution is 7.92. The van der Waals surface area contributed by atoms with E-state index in [9.17, 15) is 12.6 Å². The maximum atomic E-state index is 12.3. The van der Waals surface area contributed by atoms with E-state index in [1.165, 1.54) is 0 Å². The van der Waals surface area contributed by atoms with Gasteiger partial charge in [-0.3, -0.25) is 5.10 Å². The average molecular weight is 1090 g/mol. The molecule has 0 saturated carbocycles. The highest BCUT2D eigenvalue weighted by atomic mass is 32.2. The fraction of sp³-hybridized carbons (Fsp3) is 0.460. The molecule has 3 saturated heterocycles. The Bertz CT molecular complexity index is 3500. The number of aromatic amines is 1. The first-order chi connectivity index (χ1) is 35.6. The number of rotatable bonds is 9. The molecular formula is C50H68N16O6S3. The van der Waals surface area contributed by atoms with Crippen LogP contribution in [0.3, 0.4) is 0 Å². The lowest BCUT2D eigenvalue weighted by Gasteiger charge is -2.34. The molecule has 22 nitrogen and oxygen atoms in total. The Balaban J connectivity index is 0.000000150. The van der Waals surface area contributed by atoms with Gasteiger partial charge in [-0.05, 0) is 69.7 Å². The van der Waals surface area contributed by atoms with E-state index in [0.29, 0.717) is 80.3 Å². The van der Waals surface area contributed by atoms with Gasteiger partial charge in [0.15, 0.2) is 34.9 Å². The van der Waals surface area contributed by atoms with Crippen LogP contribution < -0.4 is 14.7 Å². The molecule has 7 aromatic heterocycles. The van der Waals surface area contributed by atoms with Crippen molar-refractivity contribution < 1.29 is 26.8 Å². The Morgan fingerprint density at radius 1 is 0.573 bits per heavy atom. The van der Waals surface area contributed by atoms with Gasteiger partial charge in [0.1, 0.15) is 23.1 Å². The van der Waals surface area contributed by atoms with Crippen LogP contribution in [0.1, 0.15) is 26.3 Å². The van der Waals surface area contributed by atoms with Gasteiger partial charge in [0.25, 0.3) is 0 Å². The summed E-state index contributed by atoms with van der Waals surface area (Å²) in [6.45, 7) is 14.5. The fourth-order valence-corrected chi connectivity index (χ4v) is 10.3. The zero-order chi connectivity index (χ0) is 53.7. The van der Waals surface area contributed by atoms with Crippen LogP contribution >= 0.6 is 0 Å². The molecular weight excluding hydrogens is 1020 g/mol. The molecule has 0 aliphatic carbocycles. The fourth-order valence-electron chi connectivity index (χ4n) is 8.68. The second-order valence-electron chi connectivity index (χ2n) is 19.5. The van der Waals surface area contributed by atoms with Crippen LogP contribution in [0, 0.1) is 6.92 Å². The summed E-state index contributed by atoms with van der Waals surface area (Å²) in [7, 11) is -5.00. The normalized spacial score (nSPS) is 18.4. The third-order valence-corrected chi connectivity index (χ3v) is 13.9. The van der Waals surface area contributed by atoms with Crippen LogP contribution in [0.25, 0.3) is 40.1 Å². The molecule has 0 bridgehead atoms. The molecule has 0 spiro atoms. The number of nitrogens with zero attached hydrogens (tertiary/aromatic N) is 15. The maximum absolute atomic E-state index is 12.3. The summed E-state index contributed by atoms with van der Waals surface area (Å²) in [5.74, 6) is 5.29. The molecule has 75 heavy (non-hydrogen) atoms. The number of nitrogens with one attached hydrogen (secondary N) is 1. The second-order valence-corrected chi connectivity index (χ2v) is 27.2. The van der Waals surface area contributed by atoms with E-state index in [-0.39, 0.29) is 18.1 Å². The van der Waals surface area contributed by atoms with Crippen molar-refractivity contribution in [1.82, 2.24) is 49.1 Å². The van der Waals surface area contributed by atoms with Crippen molar-refractivity contribution in [2.75, 3.05) is 112 Å². The van der Waals surface area contributed by atoms with Crippen LogP contribution in [0.2, 0.25) is 0 Å². The average Bonchev–Trinajstić information content (AvgIpc) is 4.11. The zero-order valence-electron chi connectivity index (χ0n) is 44.5. The third-order valence-electron chi connectivity index (χ3n) is 12.0. The summed E-state index contributed by atoms with van der Waals surface area (Å²) >= 11 is 0.